The third kappa shape index (κ3) is 1.83. The molecule has 3 nitrogen and oxygen atoms in total. The van der Waals surface area contributed by atoms with Gasteiger partial charge in [0.25, 0.3) is 5.56 Å². The van der Waals surface area contributed by atoms with Gasteiger partial charge in [-0.3, -0.25) is 9.36 Å². The van der Waals surface area contributed by atoms with E-state index in [0.29, 0.717) is 5.39 Å². The Morgan fingerprint density at radius 3 is 2.63 bits per heavy atom. The summed E-state index contributed by atoms with van der Waals surface area (Å²) < 4.78 is 1.97. The van der Waals surface area contributed by atoms with E-state index in [-0.39, 0.29) is 5.56 Å². The Morgan fingerprint density at radius 2 is 1.79 bits per heavy atom. The van der Waals surface area contributed by atoms with Crippen molar-refractivity contribution in [1.82, 2.24) is 9.55 Å². The number of hydrogen-bond donors (Lipinski definition) is 0. The van der Waals surface area contributed by atoms with Crippen molar-refractivity contribution in [2.45, 2.75) is 13.8 Å². The number of aromatic nitrogens is 2. The minimum absolute atomic E-state index is 0.183. The van der Waals surface area contributed by atoms with E-state index in [9.17, 15) is 4.79 Å². The molecule has 1 aromatic heterocycles. The van der Waals surface area contributed by atoms with Crippen LogP contribution in [0.15, 0.2) is 53.6 Å². The summed E-state index contributed by atoms with van der Waals surface area (Å²) in [6, 6.07) is 13.7. The van der Waals surface area contributed by atoms with Gasteiger partial charge >= 0.3 is 0 Å². The second-order valence-electron chi connectivity index (χ2n) is 4.66. The first kappa shape index (κ1) is 11.7. The molecule has 0 spiro atoms. The van der Waals surface area contributed by atoms with Crippen molar-refractivity contribution in [3.63, 3.8) is 0 Å². The minimum atomic E-state index is -0.183. The van der Waals surface area contributed by atoms with Crippen molar-refractivity contribution in [2.75, 3.05) is 0 Å². The molecule has 0 aliphatic heterocycles. The maximum Gasteiger partial charge on any atom is 0.280 e. The summed E-state index contributed by atoms with van der Waals surface area (Å²) in [4.78, 5) is 15.8. The lowest BCUT2D eigenvalue weighted by Gasteiger charge is -2.13. The molecule has 2 aromatic carbocycles. The molecule has 0 amide bonds. The predicted octanol–water partition coefficient (Wildman–Crippen LogP) is 3.00. The van der Waals surface area contributed by atoms with Crippen LogP contribution < -0.4 is 5.56 Å². The molecule has 0 N–H and O–H groups in total. The molecule has 3 rings (SSSR count). The Balaban J connectivity index is 2.41. The molecule has 94 valence electrons. The predicted molar refractivity (Wildman–Crippen MR) is 76.8 cm³/mol. The summed E-state index contributed by atoms with van der Waals surface area (Å²) in [7, 11) is 0. The molecule has 3 aromatic rings. The number of fused-ring (bicyclic) bond motifs is 1. The molecule has 0 bridgehead atoms. The van der Waals surface area contributed by atoms with Crippen molar-refractivity contribution in [1.29, 1.82) is 0 Å². The van der Waals surface area contributed by atoms with Crippen LogP contribution in [-0.4, -0.2) is 9.55 Å². The highest BCUT2D eigenvalue weighted by Crippen LogP contribution is 2.20. The molecule has 1 heterocycles. The Labute approximate surface area is 111 Å². The fraction of sp³-hybridized carbons (Fsp3) is 0.125. The molecule has 3 heteroatoms. The topological polar surface area (TPSA) is 34.9 Å². The largest absolute Gasteiger partial charge is 0.300 e. The first-order valence-corrected chi connectivity index (χ1v) is 6.21. The van der Waals surface area contributed by atoms with Gasteiger partial charge in [0, 0.05) is 0 Å². The zero-order chi connectivity index (χ0) is 13.4. The van der Waals surface area contributed by atoms with Crippen LogP contribution in [0, 0.1) is 13.8 Å². The molecule has 0 aliphatic rings. The highest BCUT2D eigenvalue weighted by atomic mass is 16.1. The fourth-order valence-electron chi connectivity index (χ4n) is 2.30. The Morgan fingerprint density at radius 1 is 1.00 bits per heavy atom. The van der Waals surface area contributed by atoms with E-state index in [1.165, 1.54) is 11.1 Å². The highest BCUT2D eigenvalue weighted by Gasteiger charge is 2.07. The quantitative estimate of drug-likeness (QED) is 0.665. The van der Waals surface area contributed by atoms with Crippen LogP contribution in [0.2, 0.25) is 0 Å². The van der Waals surface area contributed by atoms with E-state index < -0.39 is 0 Å². The molecule has 0 radical (unpaired) electrons. The first-order chi connectivity index (χ1) is 9.18. The lowest BCUT2D eigenvalue weighted by molar-refractivity contribution is 1.00. The van der Waals surface area contributed by atoms with Gasteiger partial charge in [-0.1, -0.05) is 24.3 Å². The average molecular weight is 250 g/mol. The summed E-state index contributed by atoms with van der Waals surface area (Å²) >= 11 is 0. The smallest absolute Gasteiger partial charge is 0.280 e. The van der Waals surface area contributed by atoms with Crippen LogP contribution in [0.4, 0.5) is 0 Å². The van der Waals surface area contributed by atoms with Crippen LogP contribution in [-0.2, 0) is 0 Å². The van der Waals surface area contributed by atoms with E-state index in [2.05, 4.69) is 24.9 Å². The number of nitrogens with zero attached hydrogens (tertiary/aromatic N) is 2. The molecule has 0 aliphatic carbocycles. The summed E-state index contributed by atoms with van der Waals surface area (Å²) in [6.45, 7) is 4.16. The summed E-state index contributed by atoms with van der Waals surface area (Å²) in [5.74, 6) is 0. The van der Waals surface area contributed by atoms with Crippen molar-refractivity contribution in [2.24, 2.45) is 0 Å². The van der Waals surface area contributed by atoms with Gasteiger partial charge in [0.05, 0.1) is 16.6 Å². The minimum Gasteiger partial charge on any atom is -0.300 e. The van der Waals surface area contributed by atoms with Crippen LogP contribution in [0.3, 0.4) is 0 Å². The SMILES string of the molecule is Cc1cccc(-n2cnc(=O)c3ccccc32)c1C. The lowest BCUT2D eigenvalue weighted by atomic mass is 10.1. The van der Waals surface area contributed by atoms with E-state index in [4.69, 9.17) is 0 Å². The zero-order valence-corrected chi connectivity index (χ0v) is 10.9. The number of hydrogen-bond acceptors (Lipinski definition) is 2. The number of benzene rings is 2. The maximum atomic E-state index is 11.8. The molecule has 0 saturated carbocycles. The van der Waals surface area contributed by atoms with Gasteiger partial charge in [0.15, 0.2) is 0 Å². The van der Waals surface area contributed by atoms with E-state index in [1.54, 1.807) is 6.33 Å². The summed E-state index contributed by atoms with van der Waals surface area (Å²) in [6.07, 6.45) is 1.60. The van der Waals surface area contributed by atoms with Crippen molar-refractivity contribution in [3.8, 4) is 5.69 Å². The van der Waals surface area contributed by atoms with Crippen LogP contribution >= 0.6 is 0 Å². The third-order valence-corrected chi connectivity index (χ3v) is 3.52. The van der Waals surface area contributed by atoms with Gasteiger partial charge in [0.1, 0.15) is 6.33 Å². The first-order valence-electron chi connectivity index (χ1n) is 6.21. The van der Waals surface area contributed by atoms with Crippen molar-refractivity contribution in [3.05, 3.63) is 70.3 Å². The van der Waals surface area contributed by atoms with Gasteiger partial charge in [-0.2, -0.15) is 4.98 Å². The molecule has 0 unspecified atom stereocenters. The molecule has 0 atom stereocenters. The number of aryl methyl sites for hydroxylation is 1. The summed E-state index contributed by atoms with van der Waals surface area (Å²) in [5.41, 5.74) is 4.18. The highest BCUT2D eigenvalue weighted by molar-refractivity contribution is 5.79. The zero-order valence-electron chi connectivity index (χ0n) is 10.9. The van der Waals surface area contributed by atoms with Gasteiger partial charge in [0.2, 0.25) is 0 Å². The fourth-order valence-corrected chi connectivity index (χ4v) is 2.30. The molecule has 0 saturated heterocycles. The molecular formula is C16H14N2O. The Kier molecular flexibility index (Phi) is 2.67. The van der Waals surface area contributed by atoms with E-state index in [1.807, 2.05) is 41.0 Å². The number of rotatable bonds is 1. The van der Waals surface area contributed by atoms with Crippen molar-refractivity contribution >= 4 is 10.9 Å². The third-order valence-electron chi connectivity index (χ3n) is 3.52. The second-order valence-corrected chi connectivity index (χ2v) is 4.66. The van der Waals surface area contributed by atoms with Crippen LogP contribution in [0.25, 0.3) is 16.6 Å². The van der Waals surface area contributed by atoms with E-state index in [0.717, 1.165) is 11.2 Å². The monoisotopic (exact) mass is 250 g/mol. The Hall–Kier alpha value is -2.42. The Bertz CT molecular complexity index is 818. The van der Waals surface area contributed by atoms with Gasteiger partial charge in [-0.15, -0.1) is 0 Å². The number of para-hydroxylation sites is 1. The maximum absolute atomic E-state index is 11.8. The van der Waals surface area contributed by atoms with E-state index >= 15 is 0 Å². The van der Waals surface area contributed by atoms with Gasteiger partial charge in [-0.25, -0.2) is 0 Å². The standard InChI is InChI=1S/C16H14N2O/c1-11-6-5-9-14(12(11)2)18-10-17-16(19)13-7-3-4-8-15(13)18/h3-10H,1-2H3. The normalized spacial score (nSPS) is 10.8. The van der Waals surface area contributed by atoms with Gasteiger partial charge < -0.3 is 0 Å². The summed E-state index contributed by atoms with van der Waals surface area (Å²) in [5, 5.41) is 0.644. The molecular weight excluding hydrogens is 236 g/mol. The van der Waals surface area contributed by atoms with Crippen molar-refractivity contribution < 1.29 is 0 Å². The van der Waals surface area contributed by atoms with Crippen LogP contribution in [0.5, 0.6) is 0 Å². The lowest BCUT2D eigenvalue weighted by Crippen LogP contribution is -2.12. The second kappa shape index (κ2) is 4.35. The van der Waals surface area contributed by atoms with Gasteiger partial charge in [-0.05, 0) is 43.2 Å². The molecule has 19 heavy (non-hydrogen) atoms. The molecule has 0 fully saturated rings. The average Bonchev–Trinajstić information content (AvgIpc) is 2.43. The van der Waals surface area contributed by atoms with Crippen LogP contribution in [0.1, 0.15) is 11.1 Å².